The van der Waals surface area contributed by atoms with Crippen molar-refractivity contribution < 1.29 is 19.1 Å². The number of hydrogen-bond acceptors (Lipinski definition) is 6. The number of carbonyl (C=O) groups is 2. The van der Waals surface area contributed by atoms with Crippen LogP contribution in [0.5, 0.6) is 11.5 Å². The number of rotatable bonds is 9. The van der Waals surface area contributed by atoms with Gasteiger partial charge in [-0.05, 0) is 84.3 Å². The number of amides is 2. The van der Waals surface area contributed by atoms with Gasteiger partial charge in [-0.2, -0.15) is 0 Å². The van der Waals surface area contributed by atoms with Gasteiger partial charge in [-0.25, -0.2) is 0 Å². The van der Waals surface area contributed by atoms with Gasteiger partial charge in [0.2, 0.25) is 0 Å². The van der Waals surface area contributed by atoms with E-state index in [1.165, 1.54) is 17.3 Å². The van der Waals surface area contributed by atoms with Crippen molar-refractivity contribution in [3.8, 4) is 11.5 Å². The molecule has 2 amide bonds. The standard InChI is InChI=1S/C37H42N4O4/c1-25-8-6-7-9-27(25)24-41-20-17-30(18-21-41)45-34-22-28(37(2,3)4)12-15-31(34)36(43)39-32-16-19-38-23-33(32)40-35(42)26-10-13-29(44-5)14-11-26/h6-16,19,22-23,30H,17-18,20-21,24H2,1-5H3,(H,40,42)(H,38,39,43). The van der Waals surface area contributed by atoms with Crippen molar-refractivity contribution >= 4 is 23.2 Å². The Bertz CT molecular complexity index is 1640. The van der Waals surface area contributed by atoms with E-state index in [9.17, 15) is 9.59 Å². The number of benzene rings is 3. The summed E-state index contributed by atoms with van der Waals surface area (Å²) in [7, 11) is 1.57. The highest BCUT2D eigenvalue weighted by molar-refractivity contribution is 6.10. The molecule has 45 heavy (non-hydrogen) atoms. The SMILES string of the molecule is COc1ccc(C(=O)Nc2cnccc2NC(=O)c2ccc(C(C)(C)C)cc2OC2CCN(Cc3ccccc3C)CC2)cc1. The summed E-state index contributed by atoms with van der Waals surface area (Å²) in [6.07, 6.45) is 4.84. The molecule has 0 bridgehead atoms. The molecule has 2 heterocycles. The number of carbonyl (C=O) groups excluding carboxylic acids is 2. The second kappa shape index (κ2) is 13.9. The second-order valence-corrected chi connectivity index (χ2v) is 12.5. The molecule has 234 valence electrons. The Morgan fingerprint density at radius 1 is 0.911 bits per heavy atom. The molecule has 0 atom stereocenters. The van der Waals surface area contributed by atoms with Crippen molar-refractivity contribution in [3.63, 3.8) is 0 Å². The number of piperidine rings is 1. The largest absolute Gasteiger partial charge is 0.497 e. The molecule has 0 radical (unpaired) electrons. The fraction of sp³-hybridized carbons (Fsp3) is 0.324. The minimum absolute atomic E-state index is 0.000148. The fourth-order valence-electron chi connectivity index (χ4n) is 5.40. The lowest BCUT2D eigenvalue weighted by Gasteiger charge is -2.33. The summed E-state index contributed by atoms with van der Waals surface area (Å²) in [6.45, 7) is 11.4. The number of hydrogen-bond donors (Lipinski definition) is 2. The highest BCUT2D eigenvalue weighted by atomic mass is 16.5. The first-order chi connectivity index (χ1) is 21.6. The third-order valence-electron chi connectivity index (χ3n) is 8.25. The average molecular weight is 607 g/mol. The van der Waals surface area contributed by atoms with E-state index in [-0.39, 0.29) is 23.3 Å². The van der Waals surface area contributed by atoms with E-state index in [1.54, 1.807) is 43.6 Å². The molecule has 8 nitrogen and oxygen atoms in total. The quantitative estimate of drug-likeness (QED) is 0.209. The van der Waals surface area contributed by atoms with Gasteiger partial charge in [0.25, 0.3) is 11.8 Å². The summed E-state index contributed by atoms with van der Waals surface area (Å²) < 4.78 is 11.8. The van der Waals surface area contributed by atoms with Crippen LogP contribution < -0.4 is 20.1 Å². The highest BCUT2D eigenvalue weighted by Gasteiger charge is 2.25. The number of pyridine rings is 1. The van der Waals surface area contributed by atoms with Gasteiger partial charge < -0.3 is 20.1 Å². The molecule has 1 aliphatic heterocycles. The average Bonchev–Trinajstić information content (AvgIpc) is 3.03. The molecular formula is C37H42N4O4. The summed E-state index contributed by atoms with van der Waals surface area (Å²) in [5, 5.41) is 5.84. The summed E-state index contributed by atoms with van der Waals surface area (Å²) >= 11 is 0. The van der Waals surface area contributed by atoms with Crippen LogP contribution >= 0.6 is 0 Å². The maximum Gasteiger partial charge on any atom is 0.259 e. The Hall–Kier alpha value is -4.69. The molecule has 1 aromatic heterocycles. The van der Waals surface area contributed by atoms with E-state index < -0.39 is 0 Å². The maximum absolute atomic E-state index is 13.8. The van der Waals surface area contributed by atoms with E-state index in [2.05, 4.69) is 72.5 Å². The Balaban J connectivity index is 1.30. The van der Waals surface area contributed by atoms with E-state index in [0.717, 1.165) is 38.0 Å². The molecule has 0 unspecified atom stereocenters. The Labute approximate surface area is 265 Å². The molecule has 0 aliphatic carbocycles. The maximum atomic E-state index is 13.8. The molecule has 3 aromatic carbocycles. The van der Waals surface area contributed by atoms with Crippen molar-refractivity contribution in [2.75, 3.05) is 30.8 Å². The monoisotopic (exact) mass is 606 g/mol. The first kappa shape index (κ1) is 31.7. The minimum Gasteiger partial charge on any atom is -0.497 e. The van der Waals surface area contributed by atoms with Crippen molar-refractivity contribution in [3.05, 3.63) is 113 Å². The third-order valence-corrected chi connectivity index (χ3v) is 8.25. The van der Waals surface area contributed by atoms with Gasteiger partial charge in [0.05, 0.1) is 30.2 Å². The number of anilines is 2. The normalized spacial score (nSPS) is 14.1. The predicted octanol–water partition coefficient (Wildman–Crippen LogP) is 7.24. The topological polar surface area (TPSA) is 92.8 Å². The van der Waals surface area contributed by atoms with Gasteiger partial charge in [0, 0.05) is 31.4 Å². The van der Waals surface area contributed by atoms with Crippen LogP contribution in [0.15, 0.2) is 85.2 Å². The van der Waals surface area contributed by atoms with Crippen LogP contribution in [0.25, 0.3) is 0 Å². The summed E-state index contributed by atoms with van der Waals surface area (Å²) in [5.41, 5.74) is 5.35. The number of nitrogens with one attached hydrogen (secondary N) is 2. The number of aryl methyl sites for hydroxylation is 1. The molecule has 8 heteroatoms. The molecule has 0 saturated carbocycles. The lowest BCUT2D eigenvalue weighted by atomic mass is 9.86. The van der Waals surface area contributed by atoms with E-state index in [0.29, 0.717) is 34.0 Å². The molecule has 0 spiro atoms. The van der Waals surface area contributed by atoms with Crippen LogP contribution in [0.1, 0.15) is 71.0 Å². The fourth-order valence-corrected chi connectivity index (χ4v) is 5.40. The number of methoxy groups -OCH3 is 1. The third kappa shape index (κ3) is 8.08. The molecule has 1 saturated heterocycles. The van der Waals surface area contributed by atoms with Crippen LogP contribution in [0.2, 0.25) is 0 Å². The lowest BCUT2D eigenvalue weighted by Crippen LogP contribution is -2.38. The van der Waals surface area contributed by atoms with Crippen LogP contribution in [-0.2, 0) is 12.0 Å². The predicted molar refractivity (Wildman–Crippen MR) is 178 cm³/mol. The Morgan fingerprint density at radius 2 is 1.62 bits per heavy atom. The van der Waals surface area contributed by atoms with Crippen molar-refractivity contribution in [1.82, 2.24) is 9.88 Å². The zero-order valence-corrected chi connectivity index (χ0v) is 26.7. The van der Waals surface area contributed by atoms with Crippen molar-refractivity contribution in [2.45, 2.75) is 58.6 Å². The molecule has 1 fully saturated rings. The van der Waals surface area contributed by atoms with Crippen LogP contribution in [0.3, 0.4) is 0 Å². The Morgan fingerprint density at radius 3 is 2.31 bits per heavy atom. The van der Waals surface area contributed by atoms with Crippen molar-refractivity contribution in [2.24, 2.45) is 0 Å². The van der Waals surface area contributed by atoms with Crippen molar-refractivity contribution in [1.29, 1.82) is 0 Å². The summed E-state index contributed by atoms with van der Waals surface area (Å²) in [4.78, 5) is 33.3. The van der Waals surface area contributed by atoms with E-state index >= 15 is 0 Å². The lowest BCUT2D eigenvalue weighted by molar-refractivity contribution is 0.0922. The summed E-state index contributed by atoms with van der Waals surface area (Å²) in [5.74, 6) is 0.571. The van der Waals surface area contributed by atoms with Gasteiger partial charge in [-0.3, -0.25) is 19.5 Å². The Kier molecular flexibility index (Phi) is 9.83. The van der Waals surface area contributed by atoms with Gasteiger partial charge in [-0.1, -0.05) is 51.1 Å². The van der Waals surface area contributed by atoms with E-state index in [4.69, 9.17) is 9.47 Å². The number of ether oxygens (including phenoxy) is 2. The van der Waals surface area contributed by atoms with Crippen LogP contribution in [0, 0.1) is 6.92 Å². The van der Waals surface area contributed by atoms with Crippen LogP contribution in [0.4, 0.5) is 11.4 Å². The van der Waals surface area contributed by atoms with Crippen LogP contribution in [-0.4, -0.2) is 48.0 Å². The molecular weight excluding hydrogens is 564 g/mol. The smallest absolute Gasteiger partial charge is 0.259 e. The van der Waals surface area contributed by atoms with E-state index in [1.807, 2.05) is 18.2 Å². The first-order valence-electron chi connectivity index (χ1n) is 15.4. The number of likely N-dealkylation sites (tertiary alicyclic amines) is 1. The molecule has 5 rings (SSSR count). The zero-order chi connectivity index (χ0) is 32.0. The summed E-state index contributed by atoms with van der Waals surface area (Å²) in [6, 6.07) is 22.8. The van der Waals surface area contributed by atoms with Gasteiger partial charge >= 0.3 is 0 Å². The van der Waals surface area contributed by atoms with Gasteiger partial charge in [-0.15, -0.1) is 0 Å². The minimum atomic E-state index is -0.325. The van der Waals surface area contributed by atoms with Gasteiger partial charge in [0.1, 0.15) is 17.6 Å². The highest BCUT2D eigenvalue weighted by Crippen LogP contribution is 2.32. The molecule has 2 N–H and O–H groups in total. The molecule has 1 aliphatic rings. The molecule has 4 aromatic rings. The van der Waals surface area contributed by atoms with Gasteiger partial charge in [0.15, 0.2) is 0 Å². The second-order valence-electron chi connectivity index (χ2n) is 12.5. The first-order valence-corrected chi connectivity index (χ1v) is 15.4. The number of nitrogens with zero attached hydrogens (tertiary/aromatic N) is 2. The number of aromatic nitrogens is 1. The zero-order valence-electron chi connectivity index (χ0n) is 26.7.